The second-order valence-corrected chi connectivity index (χ2v) is 7.39. The Morgan fingerprint density at radius 1 is 1.17 bits per heavy atom. The highest BCUT2D eigenvalue weighted by Crippen LogP contribution is 2.20. The van der Waals surface area contributed by atoms with Gasteiger partial charge in [-0.25, -0.2) is 13.1 Å². The molecule has 0 fully saturated rings. The molecule has 0 bridgehead atoms. The van der Waals surface area contributed by atoms with Gasteiger partial charge in [0.1, 0.15) is 5.76 Å². The topological polar surface area (TPSA) is 88.4 Å². The van der Waals surface area contributed by atoms with Crippen LogP contribution < -0.4 is 10.0 Å². The van der Waals surface area contributed by atoms with E-state index in [2.05, 4.69) is 10.0 Å². The summed E-state index contributed by atoms with van der Waals surface area (Å²) in [7, 11) is -3.69. The van der Waals surface area contributed by atoms with Gasteiger partial charge in [-0.05, 0) is 35.9 Å². The highest BCUT2D eigenvalue weighted by molar-refractivity contribution is 7.88. The smallest absolute Gasteiger partial charge is 0.235 e. The third-order valence-corrected chi connectivity index (χ3v) is 4.51. The number of rotatable bonds is 7. The van der Waals surface area contributed by atoms with Crippen molar-refractivity contribution >= 4 is 39.1 Å². The second kappa shape index (κ2) is 7.83. The van der Waals surface area contributed by atoms with Gasteiger partial charge in [0.2, 0.25) is 15.9 Å². The van der Waals surface area contributed by atoms with Gasteiger partial charge in [0, 0.05) is 10.0 Å². The number of benzene rings is 1. The number of hydrogen-bond donors (Lipinski definition) is 2. The van der Waals surface area contributed by atoms with E-state index in [4.69, 9.17) is 27.6 Å². The van der Waals surface area contributed by atoms with Crippen molar-refractivity contribution in [2.45, 2.75) is 12.3 Å². The van der Waals surface area contributed by atoms with Gasteiger partial charge >= 0.3 is 0 Å². The summed E-state index contributed by atoms with van der Waals surface area (Å²) >= 11 is 11.6. The van der Waals surface area contributed by atoms with Crippen LogP contribution in [0.4, 0.5) is 0 Å². The Balaban J connectivity index is 1.84. The predicted molar refractivity (Wildman–Crippen MR) is 87.6 cm³/mol. The van der Waals surface area contributed by atoms with Crippen LogP contribution in [0.15, 0.2) is 41.0 Å². The summed E-state index contributed by atoms with van der Waals surface area (Å²) in [5.41, 5.74) is 0.436. The molecule has 9 heteroatoms. The van der Waals surface area contributed by atoms with Crippen LogP contribution in [0.25, 0.3) is 0 Å². The molecule has 0 aliphatic carbocycles. The zero-order valence-corrected chi connectivity index (χ0v) is 14.2. The molecule has 0 saturated heterocycles. The van der Waals surface area contributed by atoms with Crippen molar-refractivity contribution in [3.8, 4) is 0 Å². The number of halogens is 2. The number of sulfonamides is 1. The Morgan fingerprint density at radius 2 is 1.87 bits per heavy atom. The van der Waals surface area contributed by atoms with Crippen molar-refractivity contribution < 1.29 is 17.6 Å². The van der Waals surface area contributed by atoms with Gasteiger partial charge in [0.15, 0.2) is 0 Å². The molecule has 23 heavy (non-hydrogen) atoms. The number of nitrogens with one attached hydrogen (secondary N) is 2. The molecule has 2 N–H and O–H groups in total. The SMILES string of the molecule is O=C(CNS(=O)(=O)Cc1cc(Cl)cc(Cl)c1)NCc1ccco1. The summed E-state index contributed by atoms with van der Waals surface area (Å²) < 4.78 is 31.2. The third-order valence-electron chi connectivity index (χ3n) is 2.77. The van der Waals surface area contributed by atoms with E-state index in [1.165, 1.54) is 24.5 Å². The van der Waals surface area contributed by atoms with Crippen LogP contribution in [-0.2, 0) is 27.1 Å². The summed E-state index contributed by atoms with van der Waals surface area (Å²) in [6.45, 7) is -0.172. The first-order valence-electron chi connectivity index (χ1n) is 6.55. The van der Waals surface area contributed by atoms with Crippen LogP contribution in [-0.4, -0.2) is 20.9 Å². The third kappa shape index (κ3) is 6.23. The van der Waals surface area contributed by atoms with E-state index in [1.807, 2.05) is 0 Å². The Labute approximate surface area is 143 Å². The summed E-state index contributed by atoms with van der Waals surface area (Å²) in [5, 5.41) is 3.23. The van der Waals surface area contributed by atoms with Crippen molar-refractivity contribution in [3.05, 3.63) is 58.0 Å². The molecule has 0 spiro atoms. The number of amides is 1. The fourth-order valence-electron chi connectivity index (χ4n) is 1.80. The van der Waals surface area contributed by atoms with Crippen LogP contribution in [0.2, 0.25) is 10.0 Å². The van der Waals surface area contributed by atoms with Gasteiger partial charge < -0.3 is 9.73 Å². The summed E-state index contributed by atoms with van der Waals surface area (Å²) in [6.07, 6.45) is 1.49. The Morgan fingerprint density at radius 3 is 2.48 bits per heavy atom. The lowest BCUT2D eigenvalue weighted by atomic mass is 10.2. The van der Waals surface area contributed by atoms with E-state index in [9.17, 15) is 13.2 Å². The lowest BCUT2D eigenvalue weighted by Crippen LogP contribution is -2.37. The Hall–Kier alpha value is -1.54. The summed E-state index contributed by atoms with van der Waals surface area (Å²) in [6, 6.07) is 7.91. The molecular weight excluding hydrogens is 363 g/mol. The summed E-state index contributed by atoms with van der Waals surface area (Å²) in [5.74, 6) is -0.206. The Bertz CT molecular complexity index is 756. The first-order chi connectivity index (χ1) is 10.8. The predicted octanol–water partition coefficient (Wildman–Crippen LogP) is 2.32. The van der Waals surface area contributed by atoms with Gasteiger partial charge in [0.05, 0.1) is 25.1 Å². The maximum Gasteiger partial charge on any atom is 0.235 e. The molecule has 0 radical (unpaired) electrons. The number of carbonyl (C=O) groups is 1. The number of carbonyl (C=O) groups excluding carboxylic acids is 1. The molecule has 2 aromatic rings. The van der Waals surface area contributed by atoms with E-state index in [1.54, 1.807) is 12.1 Å². The molecule has 0 atom stereocenters. The van der Waals surface area contributed by atoms with Crippen LogP contribution in [0.5, 0.6) is 0 Å². The van der Waals surface area contributed by atoms with E-state index in [-0.39, 0.29) is 18.8 Å². The van der Waals surface area contributed by atoms with Crippen molar-refractivity contribution in [1.29, 1.82) is 0 Å². The molecule has 0 aliphatic heterocycles. The minimum Gasteiger partial charge on any atom is -0.467 e. The minimum absolute atomic E-state index is 0.192. The fraction of sp³-hybridized carbons (Fsp3) is 0.214. The lowest BCUT2D eigenvalue weighted by Gasteiger charge is -2.08. The van der Waals surface area contributed by atoms with Gasteiger partial charge in [-0.2, -0.15) is 0 Å². The highest BCUT2D eigenvalue weighted by Gasteiger charge is 2.14. The van der Waals surface area contributed by atoms with E-state index >= 15 is 0 Å². The zero-order valence-electron chi connectivity index (χ0n) is 11.9. The number of furan rings is 1. The number of hydrogen-bond acceptors (Lipinski definition) is 4. The maximum absolute atomic E-state index is 12.0. The molecule has 0 unspecified atom stereocenters. The van der Waals surface area contributed by atoms with E-state index in [0.717, 1.165) is 0 Å². The maximum atomic E-state index is 12.0. The van der Waals surface area contributed by atoms with E-state index in [0.29, 0.717) is 21.4 Å². The minimum atomic E-state index is -3.69. The van der Waals surface area contributed by atoms with E-state index < -0.39 is 15.9 Å². The molecule has 0 saturated carbocycles. The van der Waals surface area contributed by atoms with Crippen LogP contribution in [0.3, 0.4) is 0 Å². The standard InChI is InChI=1S/C14H14Cl2N2O4S/c15-11-4-10(5-12(16)6-11)9-23(20,21)18-8-14(19)17-7-13-2-1-3-22-13/h1-6,18H,7-9H2,(H,17,19). The molecular formula is C14H14Cl2N2O4S. The van der Waals surface area contributed by atoms with Crippen LogP contribution >= 0.6 is 23.2 Å². The van der Waals surface area contributed by atoms with Gasteiger partial charge in [0.25, 0.3) is 0 Å². The van der Waals surface area contributed by atoms with Gasteiger partial charge in [-0.3, -0.25) is 4.79 Å². The average molecular weight is 377 g/mol. The monoisotopic (exact) mass is 376 g/mol. The second-order valence-electron chi connectivity index (χ2n) is 4.71. The van der Waals surface area contributed by atoms with Crippen molar-refractivity contribution in [1.82, 2.24) is 10.0 Å². The quantitative estimate of drug-likeness (QED) is 0.775. The molecule has 1 amide bonds. The fourth-order valence-corrected chi connectivity index (χ4v) is 3.43. The van der Waals surface area contributed by atoms with Crippen LogP contribution in [0, 0.1) is 0 Å². The van der Waals surface area contributed by atoms with Crippen molar-refractivity contribution in [2.75, 3.05) is 6.54 Å². The molecule has 2 rings (SSSR count). The Kier molecular flexibility index (Phi) is 6.06. The molecule has 6 nitrogen and oxygen atoms in total. The first kappa shape index (κ1) is 17.8. The van der Waals surface area contributed by atoms with Crippen molar-refractivity contribution in [3.63, 3.8) is 0 Å². The largest absolute Gasteiger partial charge is 0.467 e. The summed E-state index contributed by atoms with van der Waals surface area (Å²) in [4.78, 5) is 11.6. The van der Waals surface area contributed by atoms with Gasteiger partial charge in [-0.1, -0.05) is 23.2 Å². The average Bonchev–Trinajstić information content (AvgIpc) is 2.94. The van der Waals surface area contributed by atoms with Gasteiger partial charge in [-0.15, -0.1) is 0 Å². The molecule has 0 aliphatic rings. The van der Waals surface area contributed by atoms with Crippen molar-refractivity contribution in [2.24, 2.45) is 0 Å². The lowest BCUT2D eigenvalue weighted by molar-refractivity contribution is -0.120. The van der Waals surface area contributed by atoms with Crippen LogP contribution in [0.1, 0.15) is 11.3 Å². The molecule has 124 valence electrons. The molecule has 1 heterocycles. The highest BCUT2D eigenvalue weighted by atomic mass is 35.5. The first-order valence-corrected chi connectivity index (χ1v) is 8.96. The molecule has 1 aromatic heterocycles. The normalized spacial score (nSPS) is 11.4. The zero-order chi connectivity index (χ0) is 16.9. The molecule has 1 aromatic carbocycles.